The summed E-state index contributed by atoms with van der Waals surface area (Å²) in [6, 6.07) is 1.05. The van der Waals surface area contributed by atoms with Crippen LogP contribution in [0.2, 0.25) is 0 Å². The number of nitrogens with zero attached hydrogens (tertiary/aromatic N) is 1. The number of carboxylic acid groups (broad SMARTS) is 1. The van der Waals surface area contributed by atoms with Gasteiger partial charge in [0.05, 0.1) is 0 Å². The van der Waals surface area contributed by atoms with Crippen molar-refractivity contribution in [3.05, 3.63) is 17.6 Å². The Morgan fingerprint density at radius 2 is 2.06 bits per heavy atom. The fraction of sp³-hybridized carbons (Fsp3) is 0.545. The summed E-state index contributed by atoms with van der Waals surface area (Å²) in [5.41, 5.74) is 0. The molecule has 0 bridgehead atoms. The largest absolute Gasteiger partial charge is 0.475 e. The second-order valence-corrected chi connectivity index (χ2v) is 6.53. The molecule has 0 aliphatic rings. The standard InChI is InChI=1S/C11H17NO5S/c1-7(2)6-12(4)18(15,16)10-5-9(11(13)14)17-8(10)3/h5,7H,6H2,1-4H3,(H,13,14). The highest BCUT2D eigenvalue weighted by atomic mass is 32.2. The second-order valence-electron chi connectivity index (χ2n) is 4.52. The molecule has 0 saturated carbocycles. The number of carbonyl (C=O) groups is 1. The summed E-state index contributed by atoms with van der Waals surface area (Å²) in [7, 11) is -2.24. The molecule has 0 saturated heterocycles. The maximum atomic E-state index is 12.2. The molecule has 0 unspecified atom stereocenters. The third-order valence-corrected chi connectivity index (χ3v) is 4.32. The molecule has 7 heteroatoms. The average molecular weight is 275 g/mol. The van der Waals surface area contributed by atoms with Crippen LogP contribution in [0.1, 0.15) is 30.2 Å². The van der Waals surface area contributed by atoms with E-state index in [0.717, 1.165) is 6.07 Å². The van der Waals surface area contributed by atoms with Crippen molar-refractivity contribution in [3.8, 4) is 0 Å². The molecule has 0 fully saturated rings. The molecule has 102 valence electrons. The van der Waals surface area contributed by atoms with Crippen molar-refractivity contribution < 1.29 is 22.7 Å². The lowest BCUT2D eigenvalue weighted by atomic mass is 10.2. The summed E-state index contributed by atoms with van der Waals surface area (Å²) < 4.78 is 30.5. The van der Waals surface area contributed by atoms with E-state index in [4.69, 9.17) is 9.52 Å². The fourth-order valence-electron chi connectivity index (χ4n) is 1.61. The van der Waals surface area contributed by atoms with E-state index in [1.807, 2.05) is 13.8 Å². The molecule has 1 rings (SSSR count). The van der Waals surface area contributed by atoms with E-state index < -0.39 is 16.0 Å². The lowest BCUT2D eigenvalue weighted by molar-refractivity contribution is 0.0661. The monoisotopic (exact) mass is 275 g/mol. The molecule has 6 nitrogen and oxygen atoms in total. The first-order chi connectivity index (χ1) is 8.16. The number of hydrogen-bond donors (Lipinski definition) is 1. The molecule has 0 atom stereocenters. The van der Waals surface area contributed by atoms with E-state index in [1.165, 1.54) is 18.3 Å². The van der Waals surface area contributed by atoms with Crippen LogP contribution in [0.15, 0.2) is 15.4 Å². The average Bonchev–Trinajstić information content (AvgIpc) is 2.59. The van der Waals surface area contributed by atoms with Crippen molar-refractivity contribution >= 4 is 16.0 Å². The number of sulfonamides is 1. The van der Waals surface area contributed by atoms with E-state index in [0.29, 0.717) is 6.54 Å². The van der Waals surface area contributed by atoms with Crippen LogP contribution in [-0.2, 0) is 10.0 Å². The van der Waals surface area contributed by atoms with Gasteiger partial charge in [-0.05, 0) is 12.8 Å². The molecule has 0 spiro atoms. The topological polar surface area (TPSA) is 87.8 Å². The van der Waals surface area contributed by atoms with Gasteiger partial charge in [-0.1, -0.05) is 13.8 Å². The Hall–Kier alpha value is -1.34. The van der Waals surface area contributed by atoms with Gasteiger partial charge in [0.2, 0.25) is 15.8 Å². The van der Waals surface area contributed by atoms with Crippen molar-refractivity contribution in [2.45, 2.75) is 25.7 Å². The highest BCUT2D eigenvalue weighted by Gasteiger charge is 2.27. The number of hydrogen-bond acceptors (Lipinski definition) is 4. The smallest absolute Gasteiger partial charge is 0.371 e. The Morgan fingerprint density at radius 1 is 1.50 bits per heavy atom. The van der Waals surface area contributed by atoms with E-state index in [-0.39, 0.29) is 22.3 Å². The normalized spacial score (nSPS) is 12.3. The van der Waals surface area contributed by atoms with Gasteiger partial charge < -0.3 is 9.52 Å². The predicted octanol–water partition coefficient (Wildman–Crippen LogP) is 1.56. The quantitative estimate of drug-likeness (QED) is 0.881. The van der Waals surface area contributed by atoms with Crippen LogP contribution in [0.3, 0.4) is 0 Å². The highest BCUT2D eigenvalue weighted by Crippen LogP contribution is 2.23. The molecule has 0 aliphatic carbocycles. The molecule has 1 aromatic heterocycles. The SMILES string of the molecule is Cc1oc(C(=O)O)cc1S(=O)(=O)N(C)CC(C)C. The third-order valence-electron chi connectivity index (χ3n) is 2.39. The van der Waals surface area contributed by atoms with E-state index in [9.17, 15) is 13.2 Å². The summed E-state index contributed by atoms with van der Waals surface area (Å²) in [6.07, 6.45) is 0. The van der Waals surface area contributed by atoms with Gasteiger partial charge in [-0.2, -0.15) is 0 Å². The molecule has 18 heavy (non-hydrogen) atoms. The molecule has 1 heterocycles. The van der Waals surface area contributed by atoms with Crippen LogP contribution in [0.25, 0.3) is 0 Å². The zero-order chi connectivity index (χ0) is 14.1. The maximum absolute atomic E-state index is 12.2. The highest BCUT2D eigenvalue weighted by molar-refractivity contribution is 7.89. The van der Waals surface area contributed by atoms with Crippen molar-refractivity contribution in [1.82, 2.24) is 4.31 Å². The Labute approximate surface area is 106 Å². The van der Waals surface area contributed by atoms with Crippen molar-refractivity contribution in [1.29, 1.82) is 0 Å². The Balaban J connectivity index is 3.16. The first-order valence-electron chi connectivity index (χ1n) is 5.46. The van der Waals surface area contributed by atoms with Gasteiger partial charge in [0.15, 0.2) is 0 Å². The van der Waals surface area contributed by atoms with Crippen molar-refractivity contribution in [2.24, 2.45) is 5.92 Å². The molecule has 1 aromatic rings. The Bertz CT molecular complexity index is 544. The number of carboxylic acids is 1. The summed E-state index contributed by atoms with van der Waals surface area (Å²) in [5, 5.41) is 8.77. The van der Waals surface area contributed by atoms with Crippen LogP contribution in [0.5, 0.6) is 0 Å². The first kappa shape index (κ1) is 14.7. The number of furan rings is 1. The summed E-state index contributed by atoms with van der Waals surface area (Å²) >= 11 is 0. The number of rotatable bonds is 5. The van der Waals surface area contributed by atoms with Crippen LogP contribution in [-0.4, -0.2) is 37.4 Å². The van der Waals surface area contributed by atoms with Gasteiger partial charge in [-0.3, -0.25) is 0 Å². The third kappa shape index (κ3) is 2.91. The van der Waals surface area contributed by atoms with Crippen LogP contribution < -0.4 is 0 Å². The van der Waals surface area contributed by atoms with Gasteiger partial charge in [0.1, 0.15) is 10.7 Å². The fourth-order valence-corrected chi connectivity index (χ4v) is 3.10. The van der Waals surface area contributed by atoms with Crippen LogP contribution in [0, 0.1) is 12.8 Å². The van der Waals surface area contributed by atoms with E-state index >= 15 is 0 Å². The predicted molar refractivity (Wildman–Crippen MR) is 65.1 cm³/mol. The molecule has 1 N–H and O–H groups in total. The minimum Gasteiger partial charge on any atom is -0.475 e. The molecule has 0 aromatic carbocycles. The Morgan fingerprint density at radius 3 is 2.44 bits per heavy atom. The van der Waals surface area contributed by atoms with Gasteiger partial charge in [0, 0.05) is 19.7 Å². The van der Waals surface area contributed by atoms with Crippen LogP contribution >= 0.6 is 0 Å². The van der Waals surface area contributed by atoms with Gasteiger partial charge >= 0.3 is 5.97 Å². The van der Waals surface area contributed by atoms with Gasteiger partial charge in [0.25, 0.3) is 0 Å². The van der Waals surface area contributed by atoms with Crippen molar-refractivity contribution in [3.63, 3.8) is 0 Å². The van der Waals surface area contributed by atoms with Crippen LogP contribution in [0.4, 0.5) is 0 Å². The number of aryl methyl sites for hydroxylation is 1. The summed E-state index contributed by atoms with van der Waals surface area (Å²) in [4.78, 5) is 10.6. The number of aromatic carboxylic acids is 1. The first-order valence-corrected chi connectivity index (χ1v) is 6.90. The lowest BCUT2D eigenvalue weighted by Gasteiger charge is -2.18. The summed E-state index contributed by atoms with van der Waals surface area (Å²) in [5.74, 6) is -1.39. The minimum atomic E-state index is -3.70. The molecular formula is C11H17NO5S. The minimum absolute atomic E-state index is 0.0861. The maximum Gasteiger partial charge on any atom is 0.371 e. The van der Waals surface area contributed by atoms with Gasteiger partial charge in [-0.15, -0.1) is 0 Å². The molecular weight excluding hydrogens is 258 g/mol. The molecule has 0 aliphatic heterocycles. The lowest BCUT2D eigenvalue weighted by Crippen LogP contribution is -2.30. The van der Waals surface area contributed by atoms with Crippen molar-refractivity contribution in [2.75, 3.05) is 13.6 Å². The second kappa shape index (κ2) is 5.11. The molecule has 0 amide bonds. The molecule has 0 radical (unpaired) electrons. The summed E-state index contributed by atoms with van der Waals surface area (Å²) in [6.45, 7) is 5.59. The van der Waals surface area contributed by atoms with E-state index in [1.54, 1.807) is 0 Å². The van der Waals surface area contributed by atoms with Gasteiger partial charge in [-0.25, -0.2) is 17.5 Å². The zero-order valence-corrected chi connectivity index (χ0v) is 11.6. The Kier molecular flexibility index (Phi) is 4.18. The van der Waals surface area contributed by atoms with E-state index in [2.05, 4.69) is 0 Å². The zero-order valence-electron chi connectivity index (χ0n) is 10.8.